The number of benzene rings is 1. The zero-order valence-electron chi connectivity index (χ0n) is 20.0. The molecule has 0 spiro atoms. The predicted molar refractivity (Wildman–Crippen MR) is 133 cm³/mol. The van der Waals surface area contributed by atoms with Gasteiger partial charge in [-0.15, -0.1) is 0 Å². The van der Waals surface area contributed by atoms with E-state index in [0.29, 0.717) is 48.2 Å². The average Bonchev–Trinajstić information content (AvgIpc) is 3.34. The van der Waals surface area contributed by atoms with E-state index in [9.17, 15) is 17.6 Å². The standard InChI is InChI=1S/C24H22F2N6O5S/c1-36-24-29-10-14(11-30-24)13-8-16-17(12-28-23(16)27-9-13)22(33)20-18(25)2-3-19(21(20)26)32-38(34,35)31-15-4-6-37-7-5-15/h2-3,8-12,15,31-32H,4-7H2,1H3,(H,27,28). The normalized spacial score (nSPS) is 14.5. The van der Waals surface area contributed by atoms with Gasteiger partial charge < -0.3 is 14.5 Å². The molecule has 1 aliphatic rings. The Labute approximate surface area is 215 Å². The Hall–Kier alpha value is -4.01. The number of pyridine rings is 1. The molecule has 3 aromatic heterocycles. The number of fused-ring (bicyclic) bond motifs is 1. The summed E-state index contributed by atoms with van der Waals surface area (Å²) in [5, 5.41) is 0.300. The Balaban J connectivity index is 1.46. The van der Waals surface area contributed by atoms with Gasteiger partial charge in [0.05, 0.1) is 18.4 Å². The van der Waals surface area contributed by atoms with Gasteiger partial charge in [-0.05, 0) is 31.0 Å². The molecule has 0 amide bonds. The van der Waals surface area contributed by atoms with Crippen LogP contribution in [0.3, 0.4) is 0 Å². The molecule has 4 aromatic rings. The molecule has 5 rings (SSSR count). The molecule has 38 heavy (non-hydrogen) atoms. The minimum atomic E-state index is -4.21. The minimum Gasteiger partial charge on any atom is -0.467 e. The third kappa shape index (κ3) is 5.18. The maximum atomic E-state index is 15.4. The number of aromatic amines is 1. The minimum absolute atomic E-state index is 0.0538. The Morgan fingerprint density at radius 3 is 2.53 bits per heavy atom. The first-order valence-electron chi connectivity index (χ1n) is 11.5. The number of anilines is 1. The summed E-state index contributed by atoms with van der Waals surface area (Å²) in [7, 11) is -2.78. The lowest BCUT2D eigenvalue weighted by Gasteiger charge is -2.23. The Kier molecular flexibility index (Phi) is 7.01. The first-order chi connectivity index (χ1) is 18.3. The number of methoxy groups -OCH3 is 1. The second-order valence-electron chi connectivity index (χ2n) is 8.50. The fraction of sp³-hybridized carbons (Fsp3) is 0.250. The molecular formula is C24H22F2N6O5S. The third-order valence-corrected chi connectivity index (χ3v) is 7.16. The van der Waals surface area contributed by atoms with Crippen molar-refractivity contribution in [3.8, 4) is 17.1 Å². The quantitative estimate of drug-likeness (QED) is 0.287. The first-order valence-corrected chi connectivity index (χ1v) is 13.0. The Bertz CT molecular complexity index is 1600. The van der Waals surface area contributed by atoms with Crippen LogP contribution in [0.1, 0.15) is 28.8 Å². The lowest BCUT2D eigenvalue weighted by atomic mass is 10.0. The number of nitrogens with one attached hydrogen (secondary N) is 3. The van der Waals surface area contributed by atoms with Crippen LogP contribution in [-0.4, -0.2) is 60.5 Å². The van der Waals surface area contributed by atoms with Crippen LogP contribution in [0.4, 0.5) is 14.5 Å². The van der Waals surface area contributed by atoms with Gasteiger partial charge in [0.25, 0.3) is 10.2 Å². The van der Waals surface area contributed by atoms with E-state index in [1.165, 1.54) is 31.9 Å². The van der Waals surface area contributed by atoms with Crippen LogP contribution >= 0.6 is 0 Å². The summed E-state index contributed by atoms with van der Waals surface area (Å²) in [5.41, 5.74) is -0.0912. The van der Waals surface area contributed by atoms with Crippen LogP contribution < -0.4 is 14.2 Å². The Morgan fingerprint density at radius 2 is 1.82 bits per heavy atom. The highest BCUT2D eigenvalue weighted by atomic mass is 32.2. The monoisotopic (exact) mass is 544 g/mol. The van der Waals surface area contributed by atoms with Crippen molar-refractivity contribution >= 4 is 32.7 Å². The highest BCUT2D eigenvalue weighted by Crippen LogP contribution is 2.29. The van der Waals surface area contributed by atoms with Gasteiger partial charge in [0.15, 0.2) is 5.82 Å². The largest absolute Gasteiger partial charge is 0.467 e. The highest BCUT2D eigenvalue weighted by Gasteiger charge is 2.27. The summed E-state index contributed by atoms with van der Waals surface area (Å²) in [5.74, 6) is -3.47. The number of rotatable bonds is 8. The van der Waals surface area contributed by atoms with Gasteiger partial charge in [0.2, 0.25) is 5.78 Å². The van der Waals surface area contributed by atoms with Crippen molar-refractivity contribution in [2.45, 2.75) is 18.9 Å². The zero-order chi connectivity index (χ0) is 26.9. The maximum Gasteiger partial charge on any atom is 0.316 e. The molecule has 1 fully saturated rings. The number of hydrogen-bond acceptors (Lipinski definition) is 8. The van der Waals surface area contributed by atoms with Crippen LogP contribution in [0.5, 0.6) is 6.01 Å². The molecule has 3 N–H and O–H groups in total. The van der Waals surface area contributed by atoms with Crippen LogP contribution in [0.2, 0.25) is 0 Å². The molecular weight excluding hydrogens is 522 g/mol. The average molecular weight is 545 g/mol. The van der Waals surface area contributed by atoms with Crippen molar-refractivity contribution in [1.82, 2.24) is 24.7 Å². The highest BCUT2D eigenvalue weighted by molar-refractivity contribution is 7.90. The maximum absolute atomic E-state index is 15.4. The smallest absolute Gasteiger partial charge is 0.316 e. The molecule has 1 saturated heterocycles. The van der Waals surface area contributed by atoms with Crippen LogP contribution in [0.25, 0.3) is 22.2 Å². The molecule has 1 aromatic carbocycles. The van der Waals surface area contributed by atoms with Crippen molar-refractivity contribution < 1.29 is 31.5 Å². The molecule has 11 nitrogen and oxygen atoms in total. The van der Waals surface area contributed by atoms with Gasteiger partial charge in [-0.1, -0.05) is 0 Å². The summed E-state index contributed by atoms with van der Waals surface area (Å²) in [4.78, 5) is 28.5. The number of nitrogens with zero attached hydrogens (tertiary/aromatic N) is 3. The summed E-state index contributed by atoms with van der Waals surface area (Å²) in [6, 6.07) is 3.14. The van der Waals surface area contributed by atoms with E-state index in [4.69, 9.17) is 9.47 Å². The molecule has 0 atom stereocenters. The number of aromatic nitrogens is 4. The fourth-order valence-corrected chi connectivity index (χ4v) is 5.28. The van der Waals surface area contributed by atoms with Crippen molar-refractivity contribution in [1.29, 1.82) is 0 Å². The van der Waals surface area contributed by atoms with Gasteiger partial charge in [-0.25, -0.2) is 23.7 Å². The van der Waals surface area contributed by atoms with Crippen molar-refractivity contribution in [3.63, 3.8) is 0 Å². The summed E-state index contributed by atoms with van der Waals surface area (Å²) >= 11 is 0. The van der Waals surface area contributed by atoms with E-state index in [1.807, 2.05) is 0 Å². The van der Waals surface area contributed by atoms with E-state index in [0.717, 1.165) is 12.1 Å². The van der Waals surface area contributed by atoms with Crippen LogP contribution in [0, 0.1) is 11.6 Å². The number of H-pyrrole nitrogens is 1. The number of carbonyl (C=O) groups is 1. The fourth-order valence-electron chi connectivity index (χ4n) is 4.10. The SMILES string of the molecule is COc1ncc(-c2cnc3[nH]cc(C(=O)c4c(F)ccc(NS(=O)(=O)NC5CCOCC5)c4F)c3c2)cn1. The van der Waals surface area contributed by atoms with Crippen molar-refractivity contribution in [3.05, 3.63) is 65.7 Å². The van der Waals surface area contributed by atoms with Gasteiger partial charge >= 0.3 is 6.01 Å². The molecule has 0 saturated carbocycles. The van der Waals surface area contributed by atoms with Gasteiger partial charge in [0, 0.05) is 66.1 Å². The second-order valence-corrected chi connectivity index (χ2v) is 9.95. The van der Waals surface area contributed by atoms with E-state index in [-0.39, 0.29) is 11.6 Å². The molecule has 1 aliphatic heterocycles. The number of halogens is 2. The molecule has 14 heteroatoms. The number of ether oxygens (including phenoxy) is 2. The lowest BCUT2D eigenvalue weighted by Crippen LogP contribution is -2.41. The zero-order valence-corrected chi connectivity index (χ0v) is 20.8. The molecule has 0 bridgehead atoms. The van der Waals surface area contributed by atoms with Crippen molar-refractivity contribution in [2.24, 2.45) is 0 Å². The summed E-state index contributed by atoms with van der Waals surface area (Å²) in [6.07, 6.45) is 6.74. The summed E-state index contributed by atoms with van der Waals surface area (Å²) < 4.78 is 69.9. The van der Waals surface area contributed by atoms with E-state index in [1.54, 1.807) is 6.07 Å². The van der Waals surface area contributed by atoms with Gasteiger partial charge in [-0.2, -0.15) is 13.1 Å². The van der Waals surface area contributed by atoms with Crippen LogP contribution in [0.15, 0.2) is 43.0 Å². The lowest BCUT2D eigenvalue weighted by molar-refractivity contribution is 0.0832. The molecule has 4 heterocycles. The van der Waals surface area contributed by atoms with Crippen molar-refractivity contribution in [2.75, 3.05) is 25.0 Å². The number of hydrogen-bond donors (Lipinski definition) is 3. The molecule has 198 valence electrons. The predicted octanol–water partition coefficient (Wildman–Crippen LogP) is 2.96. The number of ketones is 1. The molecule has 0 radical (unpaired) electrons. The third-order valence-electron chi connectivity index (χ3n) is 6.03. The number of carbonyl (C=O) groups excluding carboxylic acids is 1. The van der Waals surface area contributed by atoms with Gasteiger partial charge in [0.1, 0.15) is 11.5 Å². The van der Waals surface area contributed by atoms with Gasteiger partial charge in [-0.3, -0.25) is 9.52 Å². The van der Waals surface area contributed by atoms with Crippen LogP contribution in [-0.2, 0) is 14.9 Å². The van der Waals surface area contributed by atoms with E-state index < -0.39 is 44.9 Å². The summed E-state index contributed by atoms with van der Waals surface area (Å²) in [6.45, 7) is 0.785. The molecule has 0 aliphatic carbocycles. The van der Waals surface area contributed by atoms with E-state index >= 15 is 4.39 Å². The molecule has 0 unspecified atom stereocenters. The second kappa shape index (κ2) is 10.4. The Morgan fingerprint density at radius 1 is 1.11 bits per heavy atom. The topological polar surface area (TPSA) is 148 Å². The van der Waals surface area contributed by atoms with E-state index in [2.05, 4.69) is 29.4 Å². The first kappa shape index (κ1) is 25.6.